The second kappa shape index (κ2) is 8.47. The van der Waals surface area contributed by atoms with Gasteiger partial charge in [0, 0.05) is 11.3 Å². The summed E-state index contributed by atoms with van der Waals surface area (Å²) < 4.78 is 0. The van der Waals surface area contributed by atoms with Crippen molar-refractivity contribution in [3.05, 3.63) is 64.7 Å². The molecule has 0 radical (unpaired) electrons. The average Bonchev–Trinajstić information content (AvgIpc) is 2.62. The van der Waals surface area contributed by atoms with E-state index in [-0.39, 0.29) is 5.91 Å². The van der Waals surface area contributed by atoms with Crippen LogP contribution in [0.5, 0.6) is 0 Å². The Labute approximate surface area is 156 Å². The first-order chi connectivity index (χ1) is 12.5. The lowest BCUT2D eigenvalue weighted by Crippen LogP contribution is -3.28. The van der Waals surface area contributed by atoms with Crippen LogP contribution in [0.3, 0.4) is 0 Å². The van der Waals surface area contributed by atoms with Crippen LogP contribution in [0.15, 0.2) is 42.5 Å². The standard InChI is InChI=1S/C22H29N3O/c1-17-7-9-20(10-8-17)15-24-11-13-25(14-12-24)16-21(26)23-22-18(2)5-4-6-19(22)3/h4-10H,11-16H2,1-3H3,(H,23,26)/p+2. The van der Waals surface area contributed by atoms with E-state index in [0.29, 0.717) is 6.54 Å². The molecule has 4 heteroatoms. The molecular formula is C22H31N3O+2. The molecule has 0 saturated carbocycles. The highest BCUT2D eigenvalue weighted by Gasteiger charge is 2.25. The van der Waals surface area contributed by atoms with Gasteiger partial charge in [-0.3, -0.25) is 4.79 Å². The zero-order chi connectivity index (χ0) is 18.5. The van der Waals surface area contributed by atoms with Crippen LogP contribution in [0.1, 0.15) is 22.3 Å². The molecule has 0 bridgehead atoms. The third-order valence-electron chi connectivity index (χ3n) is 5.40. The predicted molar refractivity (Wildman–Crippen MR) is 106 cm³/mol. The Hall–Kier alpha value is -2.17. The molecule has 1 saturated heterocycles. The summed E-state index contributed by atoms with van der Waals surface area (Å²) in [7, 11) is 0. The number of rotatable bonds is 5. The molecule has 0 unspecified atom stereocenters. The van der Waals surface area contributed by atoms with Gasteiger partial charge in [-0.05, 0) is 31.9 Å². The van der Waals surface area contributed by atoms with Crippen molar-refractivity contribution in [1.29, 1.82) is 0 Å². The number of para-hydroxylation sites is 1. The fraction of sp³-hybridized carbons (Fsp3) is 0.409. The van der Waals surface area contributed by atoms with Crippen LogP contribution in [-0.2, 0) is 11.3 Å². The molecule has 0 aromatic heterocycles. The van der Waals surface area contributed by atoms with Crippen LogP contribution in [0.2, 0.25) is 0 Å². The summed E-state index contributed by atoms with van der Waals surface area (Å²) in [4.78, 5) is 15.5. The van der Waals surface area contributed by atoms with E-state index in [1.165, 1.54) is 16.0 Å². The van der Waals surface area contributed by atoms with Crippen molar-refractivity contribution < 1.29 is 14.6 Å². The molecular weight excluding hydrogens is 322 g/mol. The summed E-state index contributed by atoms with van der Waals surface area (Å²) in [6.45, 7) is 12.2. The van der Waals surface area contributed by atoms with E-state index in [0.717, 1.165) is 49.5 Å². The van der Waals surface area contributed by atoms with Gasteiger partial charge in [0.15, 0.2) is 6.54 Å². The van der Waals surface area contributed by atoms with Crippen LogP contribution in [0.25, 0.3) is 0 Å². The SMILES string of the molecule is Cc1ccc(C[NH+]2CC[NH+](CC(=O)Nc3c(C)cccc3C)CC2)cc1. The number of piperazine rings is 1. The lowest BCUT2D eigenvalue weighted by atomic mass is 10.1. The number of amides is 1. The van der Waals surface area contributed by atoms with Crippen molar-refractivity contribution in [2.75, 3.05) is 38.0 Å². The molecule has 3 N–H and O–H groups in total. The third kappa shape index (κ3) is 4.93. The van der Waals surface area contributed by atoms with E-state index >= 15 is 0 Å². The minimum Gasteiger partial charge on any atom is -0.322 e. The van der Waals surface area contributed by atoms with Gasteiger partial charge in [0.05, 0.1) is 0 Å². The Morgan fingerprint density at radius 3 is 2.08 bits per heavy atom. The molecule has 1 aliphatic heterocycles. The zero-order valence-electron chi connectivity index (χ0n) is 16.2. The molecule has 3 rings (SSSR count). The molecule has 4 nitrogen and oxygen atoms in total. The van der Waals surface area contributed by atoms with E-state index in [9.17, 15) is 4.79 Å². The van der Waals surface area contributed by atoms with Gasteiger partial charge in [0.2, 0.25) is 0 Å². The van der Waals surface area contributed by atoms with Gasteiger partial charge in [-0.2, -0.15) is 0 Å². The van der Waals surface area contributed by atoms with Crippen molar-refractivity contribution in [3.8, 4) is 0 Å². The van der Waals surface area contributed by atoms with Crippen molar-refractivity contribution in [3.63, 3.8) is 0 Å². The summed E-state index contributed by atoms with van der Waals surface area (Å²) >= 11 is 0. The largest absolute Gasteiger partial charge is 0.322 e. The smallest absolute Gasteiger partial charge is 0.279 e. The van der Waals surface area contributed by atoms with E-state index in [1.807, 2.05) is 32.0 Å². The topological polar surface area (TPSA) is 38.0 Å². The highest BCUT2D eigenvalue weighted by molar-refractivity contribution is 5.93. The van der Waals surface area contributed by atoms with E-state index in [2.05, 4.69) is 36.5 Å². The van der Waals surface area contributed by atoms with Crippen LogP contribution < -0.4 is 15.1 Å². The normalized spacial score (nSPS) is 20.0. The van der Waals surface area contributed by atoms with Crippen LogP contribution in [-0.4, -0.2) is 38.6 Å². The number of hydrogen-bond donors (Lipinski definition) is 3. The Bertz CT molecular complexity index is 726. The first-order valence-corrected chi connectivity index (χ1v) is 9.60. The van der Waals surface area contributed by atoms with Crippen LogP contribution in [0, 0.1) is 20.8 Å². The molecule has 0 aliphatic carbocycles. The number of hydrogen-bond acceptors (Lipinski definition) is 1. The number of carbonyl (C=O) groups is 1. The van der Waals surface area contributed by atoms with Gasteiger partial charge in [-0.1, -0.05) is 48.0 Å². The number of quaternary nitrogens is 2. The minimum absolute atomic E-state index is 0.124. The summed E-state index contributed by atoms with van der Waals surface area (Å²) in [6.07, 6.45) is 0. The monoisotopic (exact) mass is 353 g/mol. The Morgan fingerprint density at radius 1 is 0.885 bits per heavy atom. The van der Waals surface area contributed by atoms with Crippen molar-refractivity contribution in [2.24, 2.45) is 0 Å². The zero-order valence-corrected chi connectivity index (χ0v) is 16.2. The first-order valence-electron chi connectivity index (χ1n) is 9.60. The Kier molecular flexibility index (Phi) is 6.07. The van der Waals surface area contributed by atoms with E-state index in [1.54, 1.807) is 4.90 Å². The van der Waals surface area contributed by atoms with Crippen molar-refractivity contribution >= 4 is 11.6 Å². The minimum atomic E-state index is 0.124. The lowest BCUT2D eigenvalue weighted by Gasteiger charge is -2.29. The van der Waals surface area contributed by atoms with E-state index in [4.69, 9.17) is 0 Å². The third-order valence-corrected chi connectivity index (χ3v) is 5.40. The maximum Gasteiger partial charge on any atom is 0.279 e. The summed E-state index contributed by atoms with van der Waals surface area (Å²) in [5, 5.41) is 3.12. The molecule has 26 heavy (non-hydrogen) atoms. The molecule has 1 aliphatic rings. The molecule has 1 amide bonds. The second-order valence-electron chi connectivity index (χ2n) is 7.65. The summed E-state index contributed by atoms with van der Waals surface area (Å²) in [6, 6.07) is 15.0. The van der Waals surface area contributed by atoms with E-state index < -0.39 is 0 Å². The van der Waals surface area contributed by atoms with Gasteiger partial charge in [0.25, 0.3) is 5.91 Å². The Balaban J connectivity index is 1.46. The van der Waals surface area contributed by atoms with Crippen LogP contribution >= 0.6 is 0 Å². The summed E-state index contributed by atoms with van der Waals surface area (Å²) in [5.74, 6) is 0.124. The maximum atomic E-state index is 12.5. The molecule has 2 aromatic rings. The predicted octanol–water partition coefficient (Wildman–Crippen LogP) is 0.534. The fourth-order valence-electron chi connectivity index (χ4n) is 3.73. The van der Waals surface area contributed by atoms with Crippen LogP contribution in [0.4, 0.5) is 5.69 Å². The number of aryl methyl sites for hydroxylation is 3. The highest BCUT2D eigenvalue weighted by Crippen LogP contribution is 2.18. The Morgan fingerprint density at radius 2 is 1.46 bits per heavy atom. The molecule has 1 fully saturated rings. The maximum absolute atomic E-state index is 12.5. The van der Waals surface area contributed by atoms with Gasteiger partial charge < -0.3 is 15.1 Å². The first kappa shape index (κ1) is 18.6. The van der Waals surface area contributed by atoms with Gasteiger partial charge in [-0.15, -0.1) is 0 Å². The van der Waals surface area contributed by atoms with Crippen molar-refractivity contribution in [1.82, 2.24) is 0 Å². The second-order valence-corrected chi connectivity index (χ2v) is 7.65. The molecule has 1 heterocycles. The summed E-state index contributed by atoms with van der Waals surface area (Å²) in [5.41, 5.74) is 5.94. The molecule has 0 atom stereocenters. The molecule has 138 valence electrons. The highest BCUT2D eigenvalue weighted by atomic mass is 16.2. The van der Waals surface area contributed by atoms with Gasteiger partial charge >= 0.3 is 0 Å². The fourth-order valence-corrected chi connectivity index (χ4v) is 3.73. The average molecular weight is 354 g/mol. The molecule has 2 aromatic carbocycles. The van der Waals surface area contributed by atoms with Crippen molar-refractivity contribution in [2.45, 2.75) is 27.3 Å². The quantitative estimate of drug-likeness (QED) is 0.721. The van der Waals surface area contributed by atoms with Gasteiger partial charge in [-0.25, -0.2) is 0 Å². The van der Waals surface area contributed by atoms with Gasteiger partial charge in [0.1, 0.15) is 32.7 Å². The molecule has 0 spiro atoms. The number of carbonyl (C=O) groups excluding carboxylic acids is 1. The number of anilines is 1. The number of benzene rings is 2. The number of nitrogens with one attached hydrogen (secondary N) is 3. The lowest BCUT2D eigenvalue weighted by molar-refractivity contribution is -1.02.